The van der Waals surface area contributed by atoms with Gasteiger partial charge in [-0.15, -0.1) is 0 Å². The predicted octanol–water partition coefficient (Wildman–Crippen LogP) is -3.17. The van der Waals surface area contributed by atoms with E-state index in [-0.39, 0.29) is 18.7 Å². The van der Waals surface area contributed by atoms with Crippen LogP contribution in [0.4, 0.5) is 0 Å². The van der Waals surface area contributed by atoms with Crippen molar-refractivity contribution in [1.29, 1.82) is 0 Å². The van der Waals surface area contributed by atoms with Crippen molar-refractivity contribution in [3.8, 4) is 0 Å². The van der Waals surface area contributed by atoms with Gasteiger partial charge in [0.15, 0.2) is 0 Å². The highest BCUT2D eigenvalue weighted by Crippen LogP contribution is 2.07. The van der Waals surface area contributed by atoms with E-state index in [9.17, 15) is 24.0 Å². The first-order valence-electron chi connectivity index (χ1n) is 6.17. The van der Waals surface area contributed by atoms with Gasteiger partial charge in [0.1, 0.15) is 18.6 Å². The Morgan fingerprint density at radius 1 is 1.38 bits per heavy atom. The second kappa shape index (κ2) is 7.22. The van der Waals surface area contributed by atoms with Gasteiger partial charge in [0.25, 0.3) is 0 Å². The number of hydrogen-bond donors (Lipinski definition) is 5. The highest BCUT2D eigenvalue weighted by molar-refractivity contribution is 5.96. The lowest BCUT2D eigenvalue weighted by atomic mass is 10.1. The molecule has 1 aliphatic heterocycles. The molecule has 6 N–H and O–H groups in total. The van der Waals surface area contributed by atoms with Crippen molar-refractivity contribution in [2.45, 2.75) is 31.3 Å². The summed E-state index contributed by atoms with van der Waals surface area (Å²) in [5.41, 5.74) is 4.98. The lowest BCUT2D eigenvalue weighted by molar-refractivity contribution is -0.138. The van der Waals surface area contributed by atoms with Crippen LogP contribution in [-0.4, -0.2) is 53.3 Å². The molecular weight excluding hydrogens is 284 g/mol. The molecule has 2 atom stereocenters. The summed E-state index contributed by atoms with van der Waals surface area (Å²) < 4.78 is 0. The summed E-state index contributed by atoms with van der Waals surface area (Å²) in [5.74, 6) is -3.85. The maximum atomic E-state index is 11.9. The molecule has 0 saturated carbocycles. The van der Waals surface area contributed by atoms with E-state index in [4.69, 9.17) is 10.8 Å². The Labute approximate surface area is 119 Å². The average Bonchev–Trinajstić information content (AvgIpc) is 2.81. The van der Waals surface area contributed by atoms with Gasteiger partial charge in [-0.3, -0.25) is 24.0 Å². The summed E-state index contributed by atoms with van der Waals surface area (Å²) >= 11 is 0. The molecule has 1 rings (SSSR count). The molecule has 0 spiro atoms. The lowest BCUT2D eigenvalue weighted by Crippen LogP contribution is -2.53. The molecule has 1 aliphatic rings. The number of hydrogen-bond acceptors (Lipinski definition) is 5. The molecule has 1 fully saturated rings. The van der Waals surface area contributed by atoms with Crippen LogP contribution in [0.1, 0.15) is 19.3 Å². The van der Waals surface area contributed by atoms with Crippen LogP contribution in [-0.2, 0) is 24.0 Å². The van der Waals surface area contributed by atoms with Crippen LogP contribution in [0.3, 0.4) is 0 Å². The number of primary amides is 1. The van der Waals surface area contributed by atoms with Crippen molar-refractivity contribution in [3.05, 3.63) is 0 Å². The van der Waals surface area contributed by atoms with E-state index in [0.717, 1.165) is 0 Å². The second-order valence-corrected chi connectivity index (χ2v) is 4.50. The SMILES string of the molecule is NC(=O)C[C@H](NC(=O)[C@@H]1CCC(=O)N1)C(=O)NCC(=O)O. The third-order valence-corrected chi connectivity index (χ3v) is 2.76. The third-order valence-electron chi connectivity index (χ3n) is 2.76. The van der Waals surface area contributed by atoms with Gasteiger partial charge in [0.05, 0.1) is 6.42 Å². The predicted molar refractivity (Wildman–Crippen MR) is 67.6 cm³/mol. The summed E-state index contributed by atoms with van der Waals surface area (Å²) in [5, 5.41) is 15.2. The van der Waals surface area contributed by atoms with Crippen LogP contribution < -0.4 is 21.7 Å². The zero-order valence-corrected chi connectivity index (χ0v) is 11.0. The Morgan fingerprint density at radius 3 is 2.52 bits per heavy atom. The van der Waals surface area contributed by atoms with Crippen molar-refractivity contribution in [2.75, 3.05) is 6.54 Å². The number of nitrogens with one attached hydrogen (secondary N) is 3. The van der Waals surface area contributed by atoms with Crippen LogP contribution in [0.25, 0.3) is 0 Å². The van der Waals surface area contributed by atoms with E-state index >= 15 is 0 Å². The van der Waals surface area contributed by atoms with Crippen LogP contribution in [0, 0.1) is 0 Å². The van der Waals surface area contributed by atoms with E-state index in [1.807, 2.05) is 5.32 Å². The van der Waals surface area contributed by atoms with Gasteiger partial charge >= 0.3 is 5.97 Å². The maximum Gasteiger partial charge on any atom is 0.322 e. The molecule has 116 valence electrons. The fourth-order valence-corrected chi connectivity index (χ4v) is 1.78. The highest BCUT2D eigenvalue weighted by atomic mass is 16.4. The number of amides is 4. The minimum absolute atomic E-state index is 0.198. The number of carboxylic acids is 1. The van der Waals surface area contributed by atoms with Crippen LogP contribution in [0.5, 0.6) is 0 Å². The van der Waals surface area contributed by atoms with Crippen molar-refractivity contribution < 1.29 is 29.1 Å². The molecule has 0 aliphatic carbocycles. The molecule has 1 heterocycles. The molecule has 21 heavy (non-hydrogen) atoms. The van der Waals surface area contributed by atoms with E-state index in [2.05, 4.69) is 10.6 Å². The largest absolute Gasteiger partial charge is 0.480 e. The Kier molecular flexibility index (Phi) is 5.64. The lowest BCUT2D eigenvalue weighted by Gasteiger charge is -2.19. The molecule has 4 amide bonds. The van der Waals surface area contributed by atoms with Crippen molar-refractivity contribution >= 4 is 29.6 Å². The standard InChI is InChI=1S/C11H16N4O6/c12-7(16)3-6(10(20)13-4-9(18)19)15-11(21)5-1-2-8(17)14-5/h5-6H,1-4H2,(H2,12,16)(H,13,20)(H,14,17)(H,15,21)(H,18,19)/t5-,6-/m0/s1. The third kappa shape index (κ3) is 5.47. The van der Waals surface area contributed by atoms with Crippen molar-refractivity contribution in [1.82, 2.24) is 16.0 Å². The molecule has 0 radical (unpaired) electrons. The normalized spacial score (nSPS) is 18.5. The van der Waals surface area contributed by atoms with Gasteiger partial charge < -0.3 is 26.8 Å². The minimum atomic E-state index is -1.29. The molecule has 10 nitrogen and oxygen atoms in total. The number of carboxylic acid groups (broad SMARTS) is 1. The molecule has 0 unspecified atom stereocenters. The molecule has 0 bridgehead atoms. The Bertz CT molecular complexity index is 477. The van der Waals surface area contributed by atoms with Crippen LogP contribution >= 0.6 is 0 Å². The summed E-state index contributed by atoms with van der Waals surface area (Å²) in [7, 11) is 0. The fraction of sp³-hybridized carbons (Fsp3) is 0.545. The number of rotatable bonds is 7. The Morgan fingerprint density at radius 2 is 2.05 bits per heavy atom. The number of carbonyl (C=O) groups is 5. The van der Waals surface area contributed by atoms with E-state index < -0.39 is 48.7 Å². The first-order chi connectivity index (χ1) is 9.79. The zero-order chi connectivity index (χ0) is 16.0. The monoisotopic (exact) mass is 300 g/mol. The van der Waals surface area contributed by atoms with E-state index in [1.54, 1.807) is 0 Å². The van der Waals surface area contributed by atoms with Gasteiger partial charge in [0, 0.05) is 6.42 Å². The molecular formula is C11H16N4O6. The summed E-state index contributed by atoms with van der Waals surface area (Å²) in [6.07, 6.45) is 0.00629. The summed E-state index contributed by atoms with van der Waals surface area (Å²) in [6, 6.07) is -2.06. The van der Waals surface area contributed by atoms with Gasteiger partial charge in [-0.25, -0.2) is 0 Å². The van der Waals surface area contributed by atoms with Gasteiger partial charge in [-0.2, -0.15) is 0 Å². The quantitative estimate of drug-likeness (QED) is 0.332. The first-order valence-corrected chi connectivity index (χ1v) is 6.17. The minimum Gasteiger partial charge on any atom is -0.480 e. The number of aliphatic carboxylic acids is 1. The van der Waals surface area contributed by atoms with Gasteiger partial charge in [-0.05, 0) is 6.42 Å². The Hall–Kier alpha value is -2.65. The van der Waals surface area contributed by atoms with E-state index in [0.29, 0.717) is 0 Å². The van der Waals surface area contributed by atoms with E-state index in [1.165, 1.54) is 0 Å². The average molecular weight is 300 g/mol. The molecule has 1 saturated heterocycles. The molecule has 10 heteroatoms. The van der Waals surface area contributed by atoms with Crippen LogP contribution in [0.15, 0.2) is 0 Å². The summed E-state index contributed by atoms with van der Waals surface area (Å²) in [4.78, 5) is 55.9. The molecule has 0 aromatic carbocycles. The van der Waals surface area contributed by atoms with Crippen molar-refractivity contribution in [2.24, 2.45) is 5.73 Å². The first kappa shape index (κ1) is 16.4. The highest BCUT2D eigenvalue weighted by Gasteiger charge is 2.31. The smallest absolute Gasteiger partial charge is 0.322 e. The molecule has 0 aromatic heterocycles. The zero-order valence-electron chi connectivity index (χ0n) is 11.0. The van der Waals surface area contributed by atoms with Gasteiger partial charge in [-0.1, -0.05) is 0 Å². The van der Waals surface area contributed by atoms with Crippen molar-refractivity contribution in [3.63, 3.8) is 0 Å². The van der Waals surface area contributed by atoms with Crippen LogP contribution in [0.2, 0.25) is 0 Å². The second-order valence-electron chi connectivity index (χ2n) is 4.50. The van der Waals surface area contributed by atoms with Gasteiger partial charge in [0.2, 0.25) is 23.6 Å². The fourth-order valence-electron chi connectivity index (χ4n) is 1.78. The maximum absolute atomic E-state index is 11.9. The summed E-state index contributed by atoms with van der Waals surface area (Å²) in [6.45, 7) is -0.649. The Balaban J connectivity index is 2.62. The number of nitrogens with two attached hydrogens (primary N) is 1. The molecule has 0 aromatic rings. The number of carbonyl (C=O) groups excluding carboxylic acids is 4. The topological polar surface area (TPSA) is 168 Å².